The molecule has 1 N–H and O–H groups in total. The van der Waals surface area contributed by atoms with E-state index >= 15 is 0 Å². The smallest absolute Gasteiger partial charge is 0.329 e. The molecule has 0 aromatic heterocycles. The minimum atomic E-state index is -1.04. The summed E-state index contributed by atoms with van der Waals surface area (Å²) in [5.74, 6) is -1.15. The fourth-order valence-corrected chi connectivity index (χ4v) is 3.31. The highest BCUT2D eigenvalue weighted by Crippen LogP contribution is 2.27. The Morgan fingerprint density at radius 2 is 1.85 bits per heavy atom. The molecule has 0 atom stereocenters. The average Bonchev–Trinajstić information content (AvgIpc) is 2.38. The monoisotopic (exact) mass is 389 g/mol. The Morgan fingerprint density at radius 3 is 2.40 bits per heavy atom. The molecule has 1 aliphatic rings. The highest BCUT2D eigenvalue weighted by Gasteiger charge is 2.28. The van der Waals surface area contributed by atoms with Gasteiger partial charge in [0.1, 0.15) is 6.42 Å². The van der Waals surface area contributed by atoms with Gasteiger partial charge < -0.3 is 14.8 Å². The van der Waals surface area contributed by atoms with Crippen molar-refractivity contribution >= 4 is 40.2 Å². The fraction of sp³-hybridized carbons (Fsp3) is 0.429. The molecular formula is C14H16INO4. The largest absolute Gasteiger partial charge is 0.406 e. The number of anilines is 1. The average molecular weight is 389 g/mol. The zero-order chi connectivity index (χ0) is 14.7. The lowest BCUT2D eigenvalue weighted by Crippen LogP contribution is -2.38. The van der Waals surface area contributed by atoms with Gasteiger partial charge in [0.05, 0.1) is 0 Å². The molecule has 0 unspecified atom stereocenters. The Balaban J connectivity index is 2.23. The van der Waals surface area contributed by atoms with Crippen LogP contribution in [0.5, 0.6) is 0 Å². The quantitative estimate of drug-likeness (QED) is 0.487. The van der Waals surface area contributed by atoms with Crippen molar-refractivity contribution in [3.8, 4) is 0 Å². The molecule has 0 radical (unpaired) electrons. The molecule has 1 heterocycles. The molecule has 1 aromatic rings. The third-order valence-electron chi connectivity index (χ3n) is 3.10. The summed E-state index contributed by atoms with van der Waals surface area (Å²) in [6.07, 6.45) is 0.421. The van der Waals surface area contributed by atoms with Crippen LogP contribution in [0.3, 0.4) is 0 Å². The zero-order valence-corrected chi connectivity index (χ0v) is 13.5. The Hall–Kier alpha value is -1.31. The Labute approximate surface area is 131 Å². The molecule has 2 rings (SSSR count). The number of aryl methyl sites for hydroxylation is 1. The first-order valence-corrected chi connectivity index (χ1v) is 7.58. The maximum atomic E-state index is 11.2. The summed E-state index contributed by atoms with van der Waals surface area (Å²) >= 11 is 2.31. The van der Waals surface area contributed by atoms with Gasteiger partial charge >= 0.3 is 18.4 Å². The normalized spacial score (nSPS) is 15.8. The van der Waals surface area contributed by atoms with Crippen molar-refractivity contribution in [1.29, 1.82) is 0 Å². The van der Waals surface area contributed by atoms with Crippen LogP contribution in [0.4, 0.5) is 5.69 Å². The van der Waals surface area contributed by atoms with E-state index in [9.17, 15) is 9.59 Å². The molecule has 1 saturated heterocycles. The highest BCUT2D eigenvalue weighted by atomic mass is 127. The Bertz CT molecular complexity index is 528. The van der Waals surface area contributed by atoms with E-state index in [-0.39, 0.29) is 6.42 Å². The maximum absolute atomic E-state index is 11.2. The second-order valence-corrected chi connectivity index (χ2v) is 5.48. The lowest BCUT2D eigenvalue weighted by atomic mass is 10.0. The van der Waals surface area contributed by atoms with Crippen LogP contribution in [-0.2, 0) is 31.9 Å². The summed E-state index contributed by atoms with van der Waals surface area (Å²) in [6.45, 7) is 4.16. The highest BCUT2D eigenvalue weighted by molar-refractivity contribution is 14.1. The number of ether oxygens (including phenoxy) is 2. The third-order valence-corrected chi connectivity index (χ3v) is 4.44. The number of rotatable bonds is 4. The van der Waals surface area contributed by atoms with E-state index in [0.29, 0.717) is 0 Å². The second-order valence-electron chi connectivity index (χ2n) is 4.40. The van der Waals surface area contributed by atoms with E-state index in [1.165, 1.54) is 9.13 Å². The van der Waals surface area contributed by atoms with Crippen LogP contribution in [0.25, 0.3) is 0 Å². The molecule has 0 bridgehead atoms. The summed E-state index contributed by atoms with van der Waals surface area (Å²) in [5, 5.41) is 2.96. The van der Waals surface area contributed by atoms with Crippen molar-refractivity contribution in [2.75, 3.05) is 5.32 Å². The fourth-order valence-electron chi connectivity index (χ4n) is 2.07. The molecule has 20 heavy (non-hydrogen) atoms. The predicted molar refractivity (Wildman–Crippen MR) is 82.1 cm³/mol. The standard InChI is InChI=1S/C14H16INO4/c1-3-8-5-6-10(9(4-2)13(8)15)16-14-19-11(17)7-12(18)20-14/h5-6,14,16H,3-4,7H2,1-2H3. The minimum Gasteiger partial charge on any atom is -0.406 e. The Morgan fingerprint density at radius 1 is 1.20 bits per heavy atom. The van der Waals surface area contributed by atoms with Gasteiger partial charge in [0, 0.05) is 9.26 Å². The summed E-state index contributed by atoms with van der Waals surface area (Å²) < 4.78 is 11.1. The van der Waals surface area contributed by atoms with Gasteiger partial charge in [-0.15, -0.1) is 0 Å². The molecule has 0 amide bonds. The number of hydrogen-bond donors (Lipinski definition) is 1. The molecule has 6 heteroatoms. The van der Waals surface area contributed by atoms with Crippen LogP contribution in [0.2, 0.25) is 0 Å². The van der Waals surface area contributed by atoms with Crippen LogP contribution in [0.15, 0.2) is 12.1 Å². The number of carbonyl (C=O) groups excluding carboxylic acids is 2. The molecule has 108 valence electrons. The van der Waals surface area contributed by atoms with Crippen molar-refractivity contribution in [2.45, 2.75) is 39.5 Å². The third kappa shape index (κ3) is 3.23. The van der Waals surface area contributed by atoms with Crippen molar-refractivity contribution in [3.63, 3.8) is 0 Å². The zero-order valence-electron chi connectivity index (χ0n) is 11.4. The van der Waals surface area contributed by atoms with Gasteiger partial charge in [-0.3, -0.25) is 9.59 Å². The van der Waals surface area contributed by atoms with E-state index in [4.69, 9.17) is 9.47 Å². The molecule has 1 fully saturated rings. The summed E-state index contributed by atoms with van der Waals surface area (Å²) in [5.41, 5.74) is 3.22. The number of benzene rings is 1. The molecule has 0 aliphatic carbocycles. The number of esters is 2. The first kappa shape index (κ1) is 15.1. The van der Waals surface area contributed by atoms with Gasteiger partial charge in [0.2, 0.25) is 0 Å². The number of halogens is 1. The lowest BCUT2D eigenvalue weighted by Gasteiger charge is -2.25. The van der Waals surface area contributed by atoms with E-state index in [1.807, 2.05) is 12.1 Å². The van der Waals surface area contributed by atoms with Crippen LogP contribution in [-0.4, -0.2) is 18.4 Å². The summed E-state index contributed by atoms with van der Waals surface area (Å²) in [6, 6.07) is 3.95. The number of hydrogen-bond acceptors (Lipinski definition) is 5. The van der Waals surface area contributed by atoms with Crippen LogP contribution < -0.4 is 5.32 Å². The number of nitrogens with one attached hydrogen (secondary N) is 1. The van der Waals surface area contributed by atoms with Gasteiger partial charge in [-0.05, 0) is 52.6 Å². The van der Waals surface area contributed by atoms with Crippen LogP contribution in [0, 0.1) is 3.57 Å². The second kappa shape index (κ2) is 6.43. The molecular weight excluding hydrogens is 373 g/mol. The molecule has 1 aliphatic heterocycles. The van der Waals surface area contributed by atoms with Crippen molar-refractivity contribution < 1.29 is 19.1 Å². The first-order valence-electron chi connectivity index (χ1n) is 6.50. The SMILES string of the molecule is CCc1ccc(NC2OC(=O)CC(=O)O2)c(CC)c1I. The summed E-state index contributed by atoms with van der Waals surface area (Å²) in [4.78, 5) is 22.5. The number of carbonyl (C=O) groups is 2. The Kier molecular flexibility index (Phi) is 4.85. The maximum Gasteiger partial charge on any atom is 0.329 e. The molecule has 1 aromatic carbocycles. The predicted octanol–water partition coefficient (Wildman–Crippen LogP) is 2.60. The van der Waals surface area contributed by atoms with Crippen molar-refractivity contribution in [1.82, 2.24) is 0 Å². The molecule has 0 spiro atoms. The van der Waals surface area contributed by atoms with Gasteiger partial charge in [0.15, 0.2) is 0 Å². The molecule has 0 saturated carbocycles. The summed E-state index contributed by atoms with van der Waals surface area (Å²) in [7, 11) is 0. The topological polar surface area (TPSA) is 64.6 Å². The van der Waals surface area contributed by atoms with E-state index in [0.717, 1.165) is 24.1 Å². The van der Waals surface area contributed by atoms with Gasteiger partial charge in [0.25, 0.3) is 0 Å². The van der Waals surface area contributed by atoms with E-state index in [1.54, 1.807) is 0 Å². The lowest BCUT2D eigenvalue weighted by molar-refractivity contribution is -0.197. The molecule has 5 nitrogen and oxygen atoms in total. The van der Waals surface area contributed by atoms with E-state index < -0.39 is 18.4 Å². The minimum absolute atomic E-state index is 0.328. The van der Waals surface area contributed by atoms with E-state index in [2.05, 4.69) is 41.8 Å². The van der Waals surface area contributed by atoms with Gasteiger partial charge in [-0.1, -0.05) is 19.9 Å². The van der Waals surface area contributed by atoms with Crippen LogP contribution >= 0.6 is 22.6 Å². The number of cyclic esters (lactones) is 2. The van der Waals surface area contributed by atoms with Crippen molar-refractivity contribution in [3.05, 3.63) is 26.8 Å². The first-order chi connectivity index (χ1) is 9.55. The van der Waals surface area contributed by atoms with Gasteiger partial charge in [-0.2, -0.15) is 0 Å². The van der Waals surface area contributed by atoms with Crippen molar-refractivity contribution in [2.24, 2.45) is 0 Å². The van der Waals surface area contributed by atoms with Crippen LogP contribution in [0.1, 0.15) is 31.4 Å². The van der Waals surface area contributed by atoms with Gasteiger partial charge in [-0.25, -0.2) is 0 Å².